The fraction of sp³-hybridized carbons (Fsp3) is 0. The van der Waals surface area contributed by atoms with Gasteiger partial charge in [-0.1, -0.05) is 11.6 Å². The Bertz CT molecular complexity index is 48.9. The third kappa shape index (κ3) is 3.70. The van der Waals surface area contributed by atoms with E-state index in [0.717, 1.165) is 5.54 Å². The minimum Gasteiger partial charge on any atom is -0.299 e. The van der Waals surface area contributed by atoms with Gasteiger partial charge in [0.05, 0.1) is 0 Å². The number of hydrogen-bond donors (Lipinski definition) is 0. The summed E-state index contributed by atoms with van der Waals surface area (Å²) < 4.78 is 0. The molecule has 0 saturated heterocycles. The Balaban J connectivity index is 2.92. The minimum atomic E-state index is 0.618. The quantitative estimate of drug-likeness (QED) is 0.346. The molecule has 0 N–H and O–H groups in total. The highest BCUT2D eigenvalue weighted by Gasteiger charge is 1.50. The molecule has 28 valence electrons. The van der Waals surface area contributed by atoms with Crippen LogP contribution in [0.15, 0.2) is 11.6 Å². The summed E-state index contributed by atoms with van der Waals surface area (Å²) in [5, 5.41) is 0. The molecule has 2 heteroatoms. The molecule has 0 aliphatic heterocycles. The maximum Gasteiger partial charge on any atom is 0.143 e. The van der Waals surface area contributed by atoms with Crippen LogP contribution in [0.2, 0.25) is 0 Å². The van der Waals surface area contributed by atoms with Gasteiger partial charge in [0.25, 0.3) is 0 Å². The molecule has 0 spiro atoms. The zero-order valence-electron chi connectivity index (χ0n) is 2.52. The average molecular weight is 90.5 g/mol. The van der Waals surface area contributed by atoms with Crippen LogP contribution in [-0.2, 0) is 4.79 Å². The SMILES string of the molecule is O=CC=CCl. The van der Waals surface area contributed by atoms with Crippen molar-refractivity contribution in [1.29, 1.82) is 0 Å². The Labute approximate surface area is 35.2 Å². The van der Waals surface area contributed by atoms with Gasteiger partial charge in [-0.3, -0.25) is 4.79 Å². The van der Waals surface area contributed by atoms with E-state index in [4.69, 9.17) is 11.6 Å². The normalized spacial score (nSPS) is 9.00. The number of aldehydes is 1. The molecule has 0 aromatic rings. The van der Waals surface area contributed by atoms with Gasteiger partial charge in [0.2, 0.25) is 0 Å². The molecule has 0 unspecified atom stereocenters. The van der Waals surface area contributed by atoms with Crippen LogP contribution in [0.25, 0.3) is 0 Å². The maximum absolute atomic E-state index is 9.23. The van der Waals surface area contributed by atoms with Crippen molar-refractivity contribution in [1.82, 2.24) is 0 Å². The molecule has 5 heavy (non-hydrogen) atoms. The highest BCUT2D eigenvalue weighted by Crippen LogP contribution is 1.69. The van der Waals surface area contributed by atoms with Crippen LogP contribution in [-0.4, -0.2) is 6.29 Å². The molecule has 0 saturated carbocycles. The lowest BCUT2D eigenvalue weighted by Crippen LogP contribution is -1.48. The van der Waals surface area contributed by atoms with Gasteiger partial charge < -0.3 is 0 Å². The summed E-state index contributed by atoms with van der Waals surface area (Å²) in [6.07, 6.45) is 1.83. The van der Waals surface area contributed by atoms with E-state index in [0.29, 0.717) is 6.29 Å². The van der Waals surface area contributed by atoms with Crippen molar-refractivity contribution in [3.63, 3.8) is 0 Å². The van der Waals surface area contributed by atoms with E-state index in [2.05, 4.69) is 0 Å². The first-order valence-corrected chi connectivity index (χ1v) is 1.56. The largest absolute Gasteiger partial charge is 0.299 e. The van der Waals surface area contributed by atoms with E-state index in [1.165, 1.54) is 6.08 Å². The Morgan fingerprint density at radius 3 is 2.20 bits per heavy atom. The van der Waals surface area contributed by atoms with Gasteiger partial charge >= 0.3 is 0 Å². The van der Waals surface area contributed by atoms with Crippen molar-refractivity contribution in [2.75, 3.05) is 0 Å². The first-order chi connectivity index (χ1) is 2.41. The minimum absolute atomic E-state index is 0.618. The van der Waals surface area contributed by atoms with Crippen molar-refractivity contribution in [2.45, 2.75) is 0 Å². The lowest BCUT2D eigenvalue weighted by atomic mass is 10.7. The van der Waals surface area contributed by atoms with E-state index in [-0.39, 0.29) is 0 Å². The number of rotatable bonds is 1. The first kappa shape index (κ1) is 4.70. The number of carbonyl (C=O) groups excluding carboxylic acids is 1. The van der Waals surface area contributed by atoms with E-state index in [1.54, 1.807) is 0 Å². The number of halogens is 1. The summed E-state index contributed by atoms with van der Waals surface area (Å²) in [5.74, 6) is 0. The molecule has 1 nitrogen and oxygen atoms in total. The average Bonchev–Trinajstić information content (AvgIpc) is 1.41. The molecular formula is C3H3ClO. The van der Waals surface area contributed by atoms with Crippen LogP contribution in [0, 0.1) is 0 Å². The molecule has 0 rings (SSSR count). The summed E-state index contributed by atoms with van der Waals surface area (Å²) in [7, 11) is 0. The smallest absolute Gasteiger partial charge is 0.143 e. The number of hydrogen-bond acceptors (Lipinski definition) is 1. The Morgan fingerprint density at radius 2 is 2.20 bits per heavy atom. The van der Waals surface area contributed by atoms with Gasteiger partial charge in [0.1, 0.15) is 6.29 Å². The predicted octanol–water partition coefficient (Wildman–Crippen LogP) is 0.938. The fourth-order valence-corrected chi connectivity index (χ4v) is 0.0891. The summed E-state index contributed by atoms with van der Waals surface area (Å²) >= 11 is 4.89. The Kier molecular flexibility index (Phi) is 3.48. The lowest BCUT2D eigenvalue weighted by molar-refractivity contribution is -0.104. The maximum atomic E-state index is 9.23. The van der Waals surface area contributed by atoms with E-state index in [1.807, 2.05) is 0 Å². The molecule has 0 fully saturated rings. The van der Waals surface area contributed by atoms with Crippen LogP contribution in [0.5, 0.6) is 0 Å². The van der Waals surface area contributed by atoms with Crippen LogP contribution in [0.1, 0.15) is 0 Å². The van der Waals surface area contributed by atoms with Gasteiger partial charge in [0.15, 0.2) is 0 Å². The molecular weight excluding hydrogens is 87.5 g/mol. The molecule has 0 aromatic carbocycles. The summed E-state index contributed by atoms with van der Waals surface area (Å²) in [4.78, 5) is 9.23. The molecule has 0 aromatic heterocycles. The summed E-state index contributed by atoms with van der Waals surface area (Å²) in [5.41, 5.74) is 1.16. The van der Waals surface area contributed by atoms with Gasteiger partial charge in [-0.2, -0.15) is 0 Å². The van der Waals surface area contributed by atoms with Gasteiger partial charge in [-0.15, -0.1) is 0 Å². The second-order valence-electron chi connectivity index (χ2n) is 0.455. The topological polar surface area (TPSA) is 17.1 Å². The highest BCUT2D eigenvalue weighted by atomic mass is 35.5. The van der Waals surface area contributed by atoms with Gasteiger partial charge in [0, 0.05) is 5.54 Å². The number of allylic oxidation sites excluding steroid dienone is 1. The van der Waals surface area contributed by atoms with Crippen molar-refractivity contribution in [2.24, 2.45) is 0 Å². The molecule has 0 atom stereocenters. The standard InChI is InChI=1S/C3H3ClO/c4-2-1-3-5/h1-3H. The molecule has 0 aliphatic rings. The molecule has 0 bridgehead atoms. The molecule has 0 heterocycles. The zero-order valence-corrected chi connectivity index (χ0v) is 3.27. The fourth-order valence-electron chi connectivity index (χ4n) is 0.0297. The van der Waals surface area contributed by atoms with E-state index in [9.17, 15) is 4.79 Å². The van der Waals surface area contributed by atoms with Crippen molar-refractivity contribution >= 4 is 17.9 Å². The van der Waals surface area contributed by atoms with Crippen LogP contribution in [0.3, 0.4) is 0 Å². The van der Waals surface area contributed by atoms with Gasteiger partial charge in [-0.05, 0) is 6.08 Å². The third-order valence-electron chi connectivity index (χ3n) is 0.151. The second kappa shape index (κ2) is 3.70. The van der Waals surface area contributed by atoms with Gasteiger partial charge in [-0.25, -0.2) is 0 Å². The number of carbonyl (C=O) groups is 1. The van der Waals surface area contributed by atoms with Crippen molar-refractivity contribution in [3.8, 4) is 0 Å². The monoisotopic (exact) mass is 90.0 g/mol. The molecule has 0 amide bonds. The summed E-state index contributed by atoms with van der Waals surface area (Å²) in [6.45, 7) is 0. The second-order valence-corrected chi connectivity index (χ2v) is 0.706. The van der Waals surface area contributed by atoms with Crippen LogP contribution >= 0.6 is 11.6 Å². The first-order valence-electron chi connectivity index (χ1n) is 1.12. The van der Waals surface area contributed by atoms with Crippen molar-refractivity contribution < 1.29 is 4.79 Å². The highest BCUT2D eigenvalue weighted by molar-refractivity contribution is 6.26. The third-order valence-corrected chi connectivity index (χ3v) is 0.297. The van der Waals surface area contributed by atoms with E-state index < -0.39 is 0 Å². The Morgan fingerprint density at radius 1 is 1.60 bits per heavy atom. The van der Waals surface area contributed by atoms with E-state index >= 15 is 0 Å². The zero-order chi connectivity index (χ0) is 4.12. The lowest BCUT2D eigenvalue weighted by Gasteiger charge is -1.48. The predicted molar refractivity (Wildman–Crippen MR) is 21.1 cm³/mol. The Hall–Kier alpha value is -0.300. The summed E-state index contributed by atoms with van der Waals surface area (Å²) in [6, 6.07) is 0. The molecule has 0 radical (unpaired) electrons. The van der Waals surface area contributed by atoms with Crippen LogP contribution in [0.4, 0.5) is 0 Å². The molecule has 0 aliphatic carbocycles. The van der Waals surface area contributed by atoms with Crippen molar-refractivity contribution in [3.05, 3.63) is 11.6 Å². The van der Waals surface area contributed by atoms with Crippen LogP contribution < -0.4 is 0 Å².